The van der Waals surface area contributed by atoms with Crippen molar-refractivity contribution in [3.05, 3.63) is 28.8 Å². The van der Waals surface area contributed by atoms with E-state index < -0.39 is 11.7 Å². The molecule has 0 bridgehead atoms. The highest BCUT2D eigenvalue weighted by atomic mass is 16.6. The van der Waals surface area contributed by atoms with Crippen LogP contribution in [0.2, 0.25) is 0 Å². The van der Waals surface area contributed by atoms with Crippen molar-refractivity contribution in [3.8, 4) is 0 Å². The average Bonchev–Trinajstić information content (AvgIpc) is 2.52. The van der Waals surface area contributed by atoms with Crippen molar-refractivity contribution in [3.63, 3.8) is 0 Å². The molecule has 0 saturated carbocycles. The Bertz CT molecular complexity index is 647. The zero-order valence-corrected chi connectivity index (χ0v) is 17.0. The maximum atomic E-state index is 12.0. The van der Waals surface area contributed by atoms with Crippen LogP contribution in [-0.2, 0) is 23.0 Å². The number of rotatable bonds is 5. The van der Waals surface area contributed by atoms with Gasteiger partial charge >= 0.3 is 6.09 Å². The first-order chi connectivity index (χ1) is 12.1. The largest absolute Gasteiger partial charge is 0.444 e. The summed E-state index contributed by atoms with van der Waals surface area (Å²) < 4.78 is 5.31. The minimum Gasteiger partial charge on any atom is -0.444 e. The molecule has 1 atom stereocenters. The molecule has 1 unspecified atom stereocenters. The van der Waals surface area contributed by atoms with Gasteiger partial charge in [0.15, 0.2) is 0 Å². The van der Waals surface area contributed by atoms with Gasteiger partial charge in [-0.3, -0.25) is 0 Å². The lowest BCUT2D eigenvalue weighted by Crippen LogP contribution is -2.42. The Balaban J connectivity index is 2.22. The standard InChI is InChI=1S/C21H34N2O3/c1-20(2,3)26-19(25)23-16(13-24)10-15-11-17-14(12-18(15)22-6)8-7-9-21(17,4)5/h11-12,16,22,24H,7-10,13H2,1-6H3,(H,23,25). The number of benzene rings is 1. The first-order valence-electron chi connectivity index (χ1n) is 9.50. The topological polar surface area (TPSA) is 70.6 Å². The summed E-state index contributed by atoms with van der Waals surface area (Å²) in [7, 11) is 1.91. The number of nitrogens with one attached hydrogen (secondary N) is 2. The number of anilines is 1. The molecule has 2 rings (SSSR count). The highest BCUT2D eigenvalue weighted by Crippen LogP contribution is 2.39. The number of hydrogen-bond acceptors (Lipinski definition) is 4. The van der Waals surface area contributed by atoms with Crippen LogP contribution in [0.3, 0.4) is 0 Å². The molecule has 0 saturated heterocycles. The van der Waals surface area contributed by atoms with E-state index in [0.29, 0.717) is 6.42 Å². The van der Waals surface area contributed by atoms with Crippen molar-refractivity contribution < 1.29 is 14.6 Å². The van der Waals surface area contributed by atoms with Crippen molar-refractivity contribution >= 4 is 11.8 Å². The van der Waals surface area contributed by atoms with Crippen LogP contribution in [0.5, 0.6) is 0 Å². The second kappa shape index (κ2) is 7.87. The lowest BCUT2D eigenvalue weighted by molar-refractivity contribution is 0.0483. The molecule has 26 heavy (non-hydrogen) atoms. The predicted octanol–water partition coefficient (Wildman–Crippen LogP) is 3.77. The van der Waals surface area contributed by atoms with Crippen LogP contribution in [0, 0.1) is 0 Å². The summed E-state index contributed by atoms with van der Waals surface area (Å²) in [5, 5.41) is 15.8. The molecule has 5 nitrogen and oxygen atoms in total. The first-order valence-corrected chi connectivity index (χ1v) is 9.50. The van der Waals surface area contributed by atoms with Gasteiger partial charge in [0, 0.05) is 12.7 Å². The van der Waals surface area contributed by atoms with Crippen LogP contribution in [0.4, 0.5) is 10.5 Å². The summed E-state index contributed by atoms with van der Waals surface area (Å²) in [4.78, 5) is 12.0. The van der Waals surface area contributed by atoms with E-state index in [-0.39, 0.29) is 18.1 Å². The number of alkyl carbamates (subject to hydrolysis) is 1. The van der Waals surface area contributed by atoms with Gasteiger partial charge in [-0.15, -0.1) is 0 Å². The monoisotopic (exact) mass is 362 g/mol. The van der Waals surface area contributed by atoms with Gasteiger partial charge in [-0.25, -0.2) is 4.79 Å². The molecule has 0 fully saturated rings. The molecule has 3 N–H and O–H groups in total. The van der Waals surface area contributed by atoms with E-state index in [1.165, 1.54) is 24.0 Å². The smallest absolute Gasteiger partial charge is 0.407 e. The van der Waals surface area contributed by atoms with E-state index in [1.54, 1.807) is 0 Å². The highest BCUT2D eigenvalue weighted by Gasteiger charge is 2.29. The fourth-order valence-corrected chi connectivity index (χ4v) is 3.68. The Morgan fingerprint density at radius 2 is 2.04 bits per heavy atom. The Kier molecular flexibility index (Phi) is 6.22. The fourth-order valence-electron chi connectivity index (χ4n) is 3.68. The predicted molar refractivity (Wildman–Crippen MR) is 106 cm³/mol. The Morgan fingerprint density at radius 3 is 2.62 bits per heavy atom. The number of aryl methyl sites for hydroxylation is 1. The van der Waals surface area contributed by atoms with Gasteiger partial charge in [0.2, 0.25) is 0 Å². The molecule has 0 radical (unpaired) electrons. The number of ether oxygens (including phenoxy) is 1. The van der Waals surface area contributed by atoms with Crippen molar-refractivity contribution in [1.82, 2.24) is 5.32 Å². The van der Waals surface area contributed by atoms with Crippen LogP contribution in [0.15, 0.2) is 12.1 Å². The maximum Gasteiger partial charge on any atom is 0.407 e. The number of carbonyl (C=O) groups excluding carboxylic acids is 1. The van der Waals surface area contributed by atoms with Gasteiger partial charge < -0.3 is 20.5 Å². The summed E-state index contributed by atoms with van der Waals surface area (Å²) in [6.45, 7) is 9.91. The van der Waals surface area contributed by atoms with Crippen molar-refractivity contribution in [1.29, 1.82) is 0 Å². The molecule has 1 aliphatic rings. The summed E-state index contributed by atoms with van der Waals surface area (Å²) in [5.41, 5.74) is 4.54. The quantitative estimate of drug-likeness (QED) is 0.746. The number of amides is 1. The SMILES string of the molecule is CNc1cc2c(cc1CC(CO)NC(=O)OC(C)(C)C)C(C)(C)CCC2. The van der Waals surface area contributed by atoms with Gasteiger partial charge in [0.1, 0.15) is 5.60 Å². The number of carbonyl (C=O) groups is 1. The molecule has 146 valence electrons. The number of aliphatic hydroxyl groups excluding tert-OH is 1. The zero-order valence-electron chi connectivity index (χ0n) is 17.0. The molecule has 1 aromatic carbocycles. The molecular weight excluding hydrogens is 328 g/mol. The molecule has 1 aliphatic carbocycles. The third-order valence-corrected chi connectivity index (χ3v) is 4.98. The van der Waals surface area contributed by atoms with Crippen LogP contribution >= 0.6 is 0 Å². The van der Waals surface area contributed by atoms with E-state index in [2.05, 4.69) is 36.6 Å². The normalized spacial score (nSPS) is 17.2. The van der Waals surface area contributed by atoms with Crippen molar-refractivity contribution in [2.45, 2.75) is 77.4 Å². The van der Waals surface area contributed by atoms with Crippen LogP contribution < -0.4 is 10.6 Å². The summed E-state index contributed by atoms with van der Waals surface area (Å²) in [5.74, 6) is 0. The van der Waals surface area contributed by atoms with E-state index in [1.807, 2.05) is 27.8 Å². The third-order valence-electron chi connectivity index (χ3n) is 4.98. The third kappa shape index (κ3) is 5.13. The fraction of sp³-hybridized carbons (Fsp3) is 0.667. The van der Waals surface area contributed by atoms with Crippen LogP contribution in [0.25, 0.3) is 0 Å². The Morgan fingerprint density at radius 1 is 1.35 bits per heavy atom. The lowest BCUT2D eigenvalue weighted by atomic mass is 9.72. The molecular formula is C21H34N2O3. The minimum absolute atomic E-state index is 0.136. The molecule has 1 amide bonds. The van der Waals surface area contributed by atoms with E-state index in [0.717, 1.165) is 17.7 Å². The van der Waals surface area contributed by atoms with Crippen LogP contribution in [-0.4, -0.2) is 36.5 Å². The maximum absolute atomic E-state index is 12.0. The average molecular weight is 363 g/mol. The molecule has 5 heteroatoms. The second-order valence-corrected chi connectivity index (χ2v) is 8.88. The van der Waals surface area contributed by atoms with E-state index in [4.69, 9.17) is 4.74 Å². The molecule has 0 aliphatic heterocycles. The van der Waals surface area contributed by atoms with Crippen molar-refractivity contribution in [2.24, 2.45) is 0 Å². The zero-order chi connectivity index (χ0) is 19.5. The molecule has 0 spiro atoms. The van der Waals surface area contributed by atoms with Gasteiger partial charge in [0.25, 0.3) is 0 Å². The van der Waals surface area contributed by atoms with Crippen molar-refractivity contribution in [2.75, 3.05) is 19.0 Å². The summed E-state index contributed by atoms with van der Waals surface area (Å²) in [6, 6.07) is 4.09. The van der Waals surface area contributed by atoms with Crippen LogP contribution in [0.1, 0.15) is 64.2 Å². The van der Waals surface area contributed by atoms with Gasteiger partial charge in [0.05, 0.1) is 12.6 Å². The number of fused-ring (bicyclic) bond motifs is 1. The lowest BCUT2D eigenvalue weighted by Gasteiger charge is -2.34. The van der Waals surface area contributed by atoms with Gasteiger partial charge in [-0.1, -0.05) is 19.9 Å². The number of hydrogen-bond donors (Lipinski definition) is 3. The van der Waals surface area contributed by atoms with Gasteiger partial charge in [-0.2, -0.15) is 0 Å². The number of aliphatic hydroxyl groups is 1. The summed E-state index contributed by atoms with van der Waals surface area (Å²) in [6.07, 6.45) is 3.54. The van der Waals surface area contributed by atoms with Gasteiger partial charge in [-0.05, 0) is 74.6 Å². The highest BCUT2D eigenvalue weighted by molar-refractivity contribution is 5.68. The van der Waals surface area contributed by atoms with E-state index >= 15 is 0 Å². The second-order valence-electron chi connectivity index (χ2n) is 8.88. The van der Waals surface area contributed by atoms with E-state index in [9.17, 15) is 9.90 Å². The molecule has 0 aromatic heterocycles. The summed E-state index contributed by atoms with van der Waals surface area (Å²) >= 11 is 0. The molecule has 0 heterocycles. The first kappa shape index (κ1) is 20.6. The Labute approximate surface area is 157 Å². The molecule has 1 aromatic rings. The Hall–Kier alpha value is -1.75. The minimum atomic E-state index is -0.559.